The van der Waals surface area contributed by atoms with E-state index in [0.29, 0.717) is 24.8 Å². The Balaban J connectivity index is 1.91. The van der Waals surface area contributed by atoms with Gasteiger partial charge in [0.05, 0.1) is 0 Å². The normalized spacial score (nSPS) is 17.8. The van der Waals surface area contributed by atoms with E-state index in [1.165, 1.54) is 12.1 Å². The molecule has 2 rings (SSSR count). The molecule has 0 fully saturated rings. The summed E-state index contributed by atoms with van der Waals surface area (Å²) in [7, 11) is 0. The maximum absolute atomic E-state index is 13.0. The van der Waals surface area contributed by atoms with Gasteiger partial charge in [-0.15, -0.1) is 0 Å². The lowest BCUT2D eigenvalue weighted by atomic mass is 9.97. The van der Waals surface area contributed by atoms with Crippen LogP contribution in [0.15, 0.2) is 18.2 Å². The van der Waals surface area contributed by atoms with E-state index in [1.54, 1.807) is 6.07 Å². The summed E-state index contributed by atoms with van der Waals surface area (Å²) in [5, 5.41) is 8.52. The van der Waals surface area contributed by atoms with Crippen LogP contribution >= 0.6 is 0 Å². The molecule has 1 N–H and O–H groups in total. The molecule has 3 nitrogen and oxygen atoms in total. The fraction of sp³-hybridized carbons (Fsp3) is 0.429. The van der Waals surface area contributed by atoms with Crippen LogP contribution in [0.2, 0.25) is 0 Å². The summed E-state index contributed by atoms with van der Waals surface area (Å²) in [5.41, 5.74) is 1.41. The van der Waals surface area contributed by atoms with Gasteiger partial charge in [0.1, 0.15) is 5.82 Å². The molecule has 1 aliphatic rings. The molecule has 1 unspecified atom stereocenters. The van der Waals surface area contributed by atoms with Gasteiger partial charge in [0.15, 0.2) is 5.78 Å². The highest BCUT2D eigenvalue weighted by Gasteiger charge is 2.30. The minimum Gasteiger partial charge on any atom is -0.481 e. The number of carbonyl (C=O) groups is 2. The van der Waals surface area contributed by atoms with Crippen LogP contribution in [0.1, 0.15) is 41.6 Å². The van der Waals surface area contributed by atoms with E-state index in [2.05, 4.69) is 0 Å². The Morgan fingerprint density at radius 3 is 2.89 bits per heavy atom. The van der Waals surface area contributed by atoms with E-state index < -0.39 is 5.97 Å². The van der Waals surface area contributed by atoms with Gasteiger partial charge in [0.2, 0.25) is 0 Å². The van der Waals surface area contributed by atoms with Crippen molar-refractivity contribution in [3.8, 4) is 0 Å². The second kappa shape index (κ2) is 5.29. The lowest BCUT2D eigenvalue weighted by molar-refractivity contribution is -0.137. The molecule has 0 aliphatic heterocycles. The van der Waals surface area contributed by atoms with Gasteiger partial charge in [0.25, 0.3) is 0 Å². The van der Waals surface area contributed by atoms with E-state index in [9.17, 15) is 14.0 Å². The van der Waals surface area contributed by atoms with Crippen molar-refractivity contribution in [2.24, 2.45) is 5.92 Å². The van der Waals surface area contributed by atoms with E-state index in [-0.39, 0.29) is 23.9 Å². The third-order valence-corrected chi connectivity index (χ3v) is 3.37. The molecule has 1 aliphatic carbocycles. The number of carbonyl (C=O) groups excluding carboxylic acids is 1. The largest absolute Gasteiger partial charge is 0.481 e. The van der Waals surface area contributed by atoms with Crippen LogP contribution in [0.5, 0.6) is 0 Å². The van der Waals surface area contributed by atoms with Gasteiger partial charge < -0.3 is 5.11 Å². The van der Waals surface area contributed by atoms with Crippen LogP contribution < -0.4 is 0 Å². The van der Waals surface area contributed by atoms with Gasteiger partial charge in [-0.05, 0) is 37.0 Å². The molecule has 0 aromatic heterocycles. The Kier molecular flexibility index (Phi) is 3.75. The van der Waals surface area contributed by atoms with Crippen LogP contribution in [0.3, 0.4) is 0 Å². The van der Waals surface area contributed by atoms with Gasteiger partial charge in [-0.2, -0.15) is 0 Å². The topological polar surface area (TPSA) is 54.4 Å². The van der Waals surface area contributed by atoms with Crippen LogP contribution in [-0.2, 0) is 11.2 Å². The molecule has 4 heteroatoms. The molecule has 0 spiro atoms. The highest BCUT2D eigenvalue weighted by Crippen LogP contribution is 2.30. The summed E-state index contributed by atoms with van der Waals surface area (Å²) >= 11 is 0. The molecule has 0 saturated heterocycles. The number of hydrogen-bond acceptors (Lipinski definition) is 2. The zero-order valence-corrected chi connectivity index (χ0v) is 9.99. The summed E-state index contributed by atoms with van der Waals surface area (Å²) in [4.78, 5) is 22.4. The smallest absolute Gasteiger partial charge is 0.303 e. The summed E-state index contributed by atoms with van der Waals surface area (Å²) in [5.74, 6) is -1.29. The highest BCUT2D eigenvalue weighted by atomic mass is 19.1. The maximum Gasteiger partial charge on any atom is 0.303 e. The molecule has 18 heavy (non-hydrogen) atoms. The lowest BCUT2D eigenvalue weighted by Crippen LogP contribution is -2.09. The molecule has 96 valence electrons. The summed E-state index contributed by atoms with van der Waals surface area (Å²) in [6.07, 6.45) is 2.79. The fourth-order valence-electron chi connectivity index (χ4n) is 2.43. The first-order valence-electron chi connectivity index (χ1n) is 6.12. The number of Topliss-reactive ketones (excluding diaryl/α,β-unsaturated/α-hetero) is 1. The number of carboxylic acid groups (broad SMARTS) is 1. The molecule has 1 aromatic rings. The van der Waals surface area contributed by atoms with Crippen molar-refractivity contribution in [2.45, 2.75) is 32.1 Å². The second-order valence-electron chi connectivity index (χ2n) is 4.71. The van der Waals surface area contributed by atoms with E-state index in [4.69, 9.17) is 5.11 Å². The third kappa shape index (κ3) is 2.75. The van der Waals surface area contributed by atoms with Gasteiger partial charge in [-0.1, -0.05) is 12.5 Å². The minimum absolute atomic E-state index is 0.000162. The van der Waals surface area contributed by atoms with Crippen LogP contribution in [0, 0.1) is 11.7 Å². The van der Waals surface area contributed by atoms with Gasteiger partial charge >= 0.3 is 5.97 Å². The number of halogens is 1. The first-order chi connectivity index (χ1) is 8.58. The predicted octanol–water partition coefficient (Wildman–Crippen LogP) is 2.83. The first-order valence-corrected chi connectivity index (χ1v) is 6.12. The molecule has 1 aromatic carbocycles. The number of aliphatic carboxylic acids is 1. The Hall–Kier alpha value is -1.71. The van der Waals surface area contributed by atoms with Crippen molar-refractivity contribution >= 4 is 11.8 Å². The molecule has 0 bridgehead atoms. The van der Waals surface area contributed by atoms with Crippen molar-refractivity contribution in [1.29, 1.82) is 0 Å². The maximum atomic E-state index is 13.0. The molecular weight excluding hydrogens is 235 g/mol. The molecule has 1 atom stereocenters. The fourth-order valence-corrected chi connectivity index (χ4v) is 2.43. The molecule has 0 heterocycles. The van der Waals surface area contributed by atoms with Crippen molar-refractivity contribution in [3.05, 3.63) is 35.1 Å². The Morgan fingerprint density at radius 1 is 1.39 bits per heavy atom. The average molecular weight is 250 g/mol. The summed E-state index contributed by atoms with van der Waals surface area (Å²) in [6.45, 7) is 0. The predicted molar refractivity (Wildman–Crippen MR) is 64.0 cm³/mol. The van der Waals surface area contributed by atoms with Crippen LogP contribution in [0.25, 0.3) is 0 Å². The molecule has 0 radical (unpaired) electrons. The van der Waals surface area contributed by atoms with E-state index in [0.717, 1.165) is 12.0 Å². The van der Waals surface area contributed by atoms with Crippen molar-refractivity contribution in [2.75, 3.05) is 0 Å². The monoisotopic (exact) mass is 250 g/mol. The van der Waals surface area contributed by atoms with Gasteiger partial charge in [-0.25, -0.2) is 4.39 Å². The van der Waals surface area contributed by atoms with Gasteiger partial charge in [0, 0.05) is 17.9 Å². The summed E-state index contributed by atoms with van der Waals surface area (Å²) < 4.78 is 13.0. The number of fused-ring (bicyclic) bond motifs is 1. The van der Waals surface area contributed by atoms with Gasteiger partial charge in [-0.3, -0.25) is 9.59 Å². The lowest BCUT2D eigenvalue weighted by Gasteiger charge is -2.06. The van der Waals surface area contributed by atoms with Crippen molar-refractivity contribution < 1.29 is 19.1 Å². The first kappa shape index (κ1) is 12.7. The minimum atomic E-state index is -0.807. The zero-order valence-electron chi connectivity index (χ0n) is 9.99. The number of rotatable bonds is 5. The van der Waals surface area contributed by atoms with Crippen LogP contribution in [-0.4, -0.2) is 16.9 Å². The Bertz CT molecular complexity index is 482. The SMILES string of the molecule is O=C(O)CCCCC1Cc2ccc(F)cc2C1=O. The number of hydrogen-bond donors (Lipinski definition) is 1. The van der Waals surface area contributed by atoms with Crippen LogP contribution in [0.4, 0.5) is 4.39 Å². The Morgan fingerprint density at radius 2 is 2.17 bits per heavy atom. The standard InChI is InChI=1S/C14H15FO3/c15-11-6-5-9-7-10(14(18)12(9)8-11)3-1-2-4-13(16)17/h5-6,8,10H,1-4,7H2,(H,16,17). The average Bonchev–Trinajstić information content (AvgIpc) is 2.62. The Labute approximate surface area is 105 Å². The number of benzene rings is 1. The van der Waals surface area contributed by atoms with E-state index in [1.807, 2.05) is 0 Å². The van der Waals surface area contributed by atoms with Crippen molar-refractivity contribution in [1.82, 2.24) is 0 Å². The number of unbranched alkanes of at least 4 members (excludes halogenated alkanes) is 1. The van der Waals surface area contributed by atoms with E-state index >= 15 is 0 Å². The number of carboxylic acids is 1. The quantitative estimate of drug-likeness (QED) is 0.817. The second-order valence-corrected chi connectivity index (χ2v) is 4.71. The number of ketones is 1. The summed E-state index contributed by atoms with van der Waals surface area (Å²) in [6, 6.07) is 4.34. The molecular formula is C14H15FO3. The zero-order chi connectivity index (χ0) is 13.1. The third-order valence-electron chi connectivity index (χ3n) is 3.37. The highest BCUT2D eigenvalue weighted by molar-refractivity contribution is 6.02. The molecule has 0 saturated carbocycles. The molecule has 0 amide bonds. The van der Waals surface area contributed by atoms with Crippen molar-refractivity contribution in [3.63, 3.8) is 0 Å².